The predicted molar refractivity (Wildman–Crippen MR) is 65.6 cm³/mol. The van der Waals surface area contributed by atoms with Crippen LogP contribution in [0.2, 0.25) is 0 Å². The van der Waals surface area contributed by atoms with Crippen LogP contribution in [0.5, 0.6) is 0 Å². The first-order valence-electron chi connectivity index (χ1n) is 5.62. The first-order valence-corrected chi connectivity index (χ1v) is 5.62. The lowest BCUT2D eigenvalue weighted by molar-refractivity contribution is -0.132. The van der Waals surface area contributed by atoms with Crippen LogP contribution in [0.1, 0.15) is 12.6 Å². The largest absolute Gasteiger partial charge is 0.368 e. The molecule has 1 saturated heterocycles. The predicted octanol–water partition coefficient (Wildman–Crippen LogP) is 0.0341. The first-order chi connectivity index (χ1) is 7.99. The second kappa shape index (κ2) is 4.20. The molecule has 0 aliphatic carbocycles. The molecule has 0 saturated carbocycles. The van der Waals surface area contributed by atoms with E-state index in [0.717, 1.165) is 18.1 Å². The van der Waals surface area contributed by atoms with Crippen molar-refractivity contribution in [2.24, 2.45) is 0 Å². The van der Waals surface area contributed by atoms with Crippen molar-refractivity contribution < 1.29 is 4.79 Å². The molecule has 1 aromatic heterocycles. The minimum atomic E-state index is -0.206. The Kier molecular flexibility index (Phi) is 2.87. The van der Waals surface area contributed by atoms with E-state index in [2.05, 4.69) is 9.97 Å². The Labute approximate surface area is 100 Å². The summed E-state index contributed by atoms with van der Waals surface area (Å²) in [5.74, 6) is 1.08. The molecule has 1 unspecified atom stereocenters. The number of hydrogen-bond acceptors (Lipinski definition) is 5. The molecule has 6 nitrogen and oxygen atoms in total. The van der Waals surface area contributed by atoms with E-state index in [4.69, 9.17) is 5.73 Å². The van der Waals surface area contributed by atoms with E-state index in [1.165, 1.54) is 0 Å². The third kappa shape index (κ3) is 2.15. The number of rotatable bonds is 1. The van der Waals surface area contributed by atoms with Crippen molar-refractivity contribution >= 4 is 17.7 Å². The van der Waals surface area contributed by atoms with Crippen LogP contribution in [-0.2, 0) is 4.79 Å². The fourth-order valence-corrected chi connectivity index (χ4v) is 2.05. The number of nitrogens with zero attached hydrogens (tertiary/aromatic N) is 4. The molecule has 0 spiro atoms. The van der Waals surface area contributed by atoms with E-state index in [1.54, 1.807) is 4.90 Å². The van der Waals surface area contributed by atoms with Crippen LogP contribution >= 0.6 is 0 Å². The summed E-state index contributed by atoms with van der Waals surface area (Å²) in [7, 11) is 1.82. The standard InChI is InChI=1S/C11H17N5O/c1-7-6-9(14-11(12)13-7)16-5-4-15(3)10(17)8(16)2/h6,8H,4-5H2,1-3H3,(H2,12,13,14). The monoisotopic (exact) mass is 235 g/mol. The van der Waals surface area contributed by atoms with Gasteiger partial charge in [-0.25, -0.2) is 4.98 Å². The molecule has 1 aliphatic rings. The molecule has 1 amide bonds. The molecule has 0 bridgehead atoms. The molecule has 1 fully saturated rings. The van der Waals surface area contributed by atoms with Gasteiger partial charge in [-0.2, -0.15) is 4.98 Å². The van der Waals surface area contributed by atoms with Crippen LogP contribution in [0.25, 0.3) is 0 Å². The molecule has 1 aromatic rings. The summed E-state index contributed by atoms with van der Waals surface area (Å²) in [6.45, 7) is 5.21. The number of likely N-dealkylation sites (N-methyl/N-ethyl adjacent to an activating group) is 1. The Morgan fingerprint density at radius 2 is 2.12 bits per heavy atom. The number of nitrogens with two attached hydrogens (primary N) is 1. The van der Waals surface area contributed by atoms with Crippen molar-refractivity contribution in [3.05, 3.63) is 11.8 Å². The lowest BCUT2D eigenvalue weighted by atomic mass is 10.2. The molecule has 17 heavy (non-hydrogen) atoms. The van der Waals surface area contributed by atoms with Gasteiger partial charge in [0.05, 0.1) is 0 Å². The number of hydrogen-bond donors (Lipinski definition) is 1. The molecule has 1 aliphatic heterocycles. The van der Waals surface area contributed by atoms with Gasteiger partial charge in [-0.1, -0.05) is 0 Å². The average molecular weight is 235 g/mol. The molecule has 6 heteroatoms. The Bertz CT molecular complexity index is 427. The highest BCUT2D eigenvalue weighted by molar-refractivity contribution is 5.85. The van der Waals surface area contributed by atoms with Gasteiger partial charge < -0.3 is 15.5 Å². The zero-order valence-electron chi connectivity index (χ0n) is 10.3. The van der Waals surface area contributed by atoms with Crippen LogP contribution in [0.4, 0.5) is 11.8 Å². The van der Waals surface area contributed by atoms with Gasteiger partial charge in [0.1, 0.15) is 11.9 Å². The molecule has 2 heterocycles. The molecular weight excluding hydrogens is 218 g/mol. The third-order valence-electron chi connectivity index (χ3n) is 3.03. The second-order valence-electron chi connectivity index (χ2n) is 4.35. The number of carbonyl (C=O) groups is 1. The summed E-state index contributed by atoms with van der Waals surface area (Å²) < 4.78 is 0. The van der Waals surface area contributed by atoms with Crippen molar-refractivity contribution in [2.45, 2.75) is 19.9 Å². The zero-order chi connectivity index (χ0) is 12.6. The van der Waals surface area contributed by atoms with Gasteiger partial charge in [-0.15, -0.1) is 0 Å². The van der Waals surface area contributed by atoms with E-state index in [9.17, 15) is 4.79 Å². The summed E-state index contributed by atoms with van der Waals surface area (Å²) >= 11 is 0. The van der Waals surface area contributed by atoms with Crippen LogP contribution < -0.4 is 10.6 Å². The summed E-state index contributed by atoms with van der Waals surface area (Å²) in [5, 5.41) is 0. The number of aromatic nitrogens is 2. The third-order valence-corrected chi connectivity index (χ3v) is 3.03. The van der Waals surface area contributed by atoms with Gasteiger partial charge in [-0.3, -0.25) is 4.79 Å². The maximum absolute atomic E-state index is 11.9. The fraction of sp³-hybridized carbons (Fsp3) is 0.545. The smallest absolute Gasteiger partial charge is 0.244 e. The highest BCUT2D eigenvalue weighted by Crippen LogP contribution is 2.19. The molecule has 92 valence electrons. The molecular formula is C11H17N5O. The van der Waals surface area contributed by atoms with Crippen molar-refractivity contribution in [3.63, 3.8) is 0 Å². The van der Waals surface area contributed by atoms with Crippen LogP contribution in [0, 0.1) is 6.92 Å². The minimum Gasteiger partial charge on any atom is -0.368 e. The van der Waals surface area contributed by atoms with Gasteiger partial charge in [0, 0.05) is 31.9 Å². The molecule has 0 radical (unpaired) electrons. The van der Waals surface area contributed by atoms with Crippen molar-refractivity contribution in [2.75, 3.05) is 30.8 Å². The van der Waals surface area contributed by atoms with Gasteiger partial charge in [0.15, 0.2) is 0 Å². The number of amides is 1. The topological polar surface area (TPSA) is 75.3 Å². The van der Waals surface area contributed by atoms with Gasteiger partial charge in [0.25, 0.3) is 0 Å². The highest BCUT2D eigenvalue weighted by Gasteiger charge is 2.30. The number of carbonyl (C=O) groups excluding carboxylic acids is 1. The minimum absolute atomic E-state index is 0.103. The normalized spacial score (nSPS) is 20.9. The quantitative estimate of drug-likeness (QED) is 0.743. The van der Waals surface area contributed by atoms with E-state index in [1.807, 2.05) is 31.9 Å². The summed E-state index contributed by atoms with van der Waals surface area (Å²) in [4.78, 5) is 23.8. The van der Waals surface area contributed by atoms with Crippen molar-refractivity contribution in [1.29, 1.82) is 0 Å². The van der Waals surface area contributed by atoms with E-state index in [-0.39, 0.29) is 17.9 Å². The summed E-state index contributed by atoms with van der Waals surface area (Å²) in [6.07, 6.45) is 0. The fourth-order valence-electron chi connectivity index (χ4n) is 2.05. The molecule has 2 rings (SSSR count). The van der Waals surface area contributed by atoms with Gasteiger partial charge >= 0.3 is 0 Å². The molecule has 2 N–H and O–H groups in total. The van der Waals surface area contributed by atoms with Crippen LogP contribution in [-0.4, -0.2) is 47.0 Å². The molecule has 0 aromatic carbocycles. The average Bonchev–Trinajstić information content (AvgIpc) is 2.24. The van der Waals surface area contributed by atoms with Crippen LogP contribution in [0.3, 0.4) is 0 Å². The number of aryl methyl sites for hydroxylation is 1. The highest BCUT2D eigenvalue weighted by atomic mass is 16.2. The van der Waals surface area contributed by atoms with Crippen molar-refractivity contribution in [3.8, 4) is 0 Å². The Morgan fingerprint density at radius 1 is 1.41 bits per heavy atom. The van der Waals surface area contributed by atoms with Gasteiger partial charge in [0.2, 0.25) is 11.9 Å². The van der Waals surface area contributed by atoms with Gasteiger partial charge in [-0.05, 0) is 13.8 Å². The number of nitrogen functional groups attached to an aromatic ring is 1. The first kappa shape index (κ1) is 11.6. The zero-order valence-corrected chi connectivity index (χ0v) is 10.3. The van der Waals surface area contributed by atoms with E-state index < -0.39 is 0 Å². The Morgan fingerprint density at radius 3 is 2.76 bits per heavy atom. The van der Waals surface area contributed by atoms with Crippen LogP contribution in [0.15, 0.2) is 6.07 Å². The number of anilines is 2. The maximum Gasteiger partial charge on any atom is 0.244 e. The Balaban J connectivity index is 2.30. The summed E-state index contributed by atoms with van der Waals surface area (Å²) in [5.41, 5.74) is 6.44. The summed E-state index contributed by atoms with van der Waals surface area (Å²) in [6, 6.07) is 1.65. The van der Waals surface area contributed by atoms with E-state index >= 15 is 0 Å². The SMILES string of the molecule is Cc1cc(N2CCN(C)C(=O)C2C)nc(N)n1. The Hall–Kier alpha value is -1.85. The van der Waals surface area contributed by atoms with E-state index in [0.29, 0.717) is 6.54 Å². The molecule has 1 atom stereocenters. The number of piperazine rings is 1. The maximum atomic E-state index is 11.9. The lowest BCUT2D eigenvalue weighted by Crippen LogP contribution is -2.54. The lowest BCUT2D eigenvalue weighted by Gasteiger charge is -2.38. The second-order valence-corrected chi connectivity index (χ2v) is 4.35. The van der Waals surface area contributed by atoms with Crippen molar-refractivity contribution in [1.82, 2.24) is 14.9 Å².